The summed E-state index contributed by atoms with van der Waals surface area (Å²) in [7, 11) is 0. The van der Waals surface area contributed by atoms with Gasteiger partial charge in [-0.25, -0.2) is 0 Å². The Labute approximate surface area is 123 Å². The third-order valence-corrected chi connectivity index (χ3v) is 4.84. The second-order valence-corrected chi connectivity index (χ2v) is 7.05. The molecule has 0 aromatic carbocycles. The molecule has 0 aliphatic heterocycles. The van der Waals surface area contributed by atoms with Gasteiger partial charge in [-0.1, -0.05) is 92.4 Å². The van der Waals surface area contributed by atoms with E-state index < -0.39 is 0 Å². The lowest BCUT2D eigenvalue weighted by Gasteiger charge is -2.34. The largest absolute Gasteiger partial charge is 0.0654 e. The molecule has 1 unspecified atom stereocenters. The standard InChI is InChI=1S/C19H40/c1-6-9-10-11-12-13-16-19(8-3,15-7-2)17-14-18(4)5/h18H,6-17H2,1-5H3. The minimum atomic E-state index is 0.670. The normalized spacial score (nSPS) is 14.8. The van der Waals surface area contributed by atoms with E-state index in [0.29, 0.717) is 5.41 Å². The SMILES string of the molecule is CCCCCCCCC(CC)(CCC)CCC(C)C. The highest BCUT2D eigenvalue weighted by molar-refractivity contribution is 4.78. The minimum Gasteiger partial charge on any atom is -0.0654 e. The van der Waals surface area contributed by atoms with Crippen LogP contribution in [0.1, 0.15) is 112 Å². The van der Waals surface area contributed by atoms with Crippen LogP contribution >= 0.6 is 0 Å². The van der Waals surface area contributed by atoms with Gasteiger partial charge in [-0.2, -0.15) is 0 Å². The van der Waals surface area contributed by atoms with E-state index in [9.17, 15) is 0 Å². The van der Waals surface area contributed by atoms with Crippen molar-refractivity contribution in [2.24, 2.45) is 11.3 Å². The Bertz CT molecular complexity index is 182. The first-order chi connectivity index (χ1) is 9.10. The van der Waals surface area contributed by atoms with Crippen LogP contribution in [0.5, 0.6) is 0 Å². The van der Waals surface area contributed by atoms with E-state index >= 15 is 0 Å². The molecule has 116 valence electrons. The molecule has 0 heterocycles. The van der Waals surface area contributed by atoms with Crippen LogP contribution in [-0.2, 0) is 0 Å². The Morgan fingerprint density at radius 3 is 1.84 bits per heavy atom. The molecule has 0 spiro atoms. The molecule has 0 bridgehead atoms. The van der Waals surface area contributed by atoms with Gasteiger partial charge in [0.15, 0.2) is 0 Å². The fraction of sp³-hybridized carbons (Fsp3) is 1.00. The number of hydrogen-bond acceptors (Lipinski definition) is 0. The zero-order valence-electron chi connectivity index (χ0n) is 14.6. The third-order valence-electron chi connectivity index (χ3n) is 4.84. The summed E-state index contributed by atoms with van der Waals surface area (Å²) in [6.45, 7) is 11.8. The maximum Gasteiger partial charge on any atom is -0.0300 e. The van der Waals surface area contributed by atoms with Crippen molar-refractivity contribution in [1.29, 1.82) is 0 Å². The van der Waals surface area contributed by atoms with Crippen LogP contribution in [0.15, 0.2) is 0 Å². The van der Waals surface area contributed by atoms with Crippen molar-refractivity contribution in [3.63, 3.8) is 0 Å². The highest BCUT2D eigenvalue weighted by atomic mass is 14.3. The van der Waals surface area contributed by atoms with E-state index in [4.69, 9.17) is 0 Å². The summed E-state index contributed by atoms with van der Waals surface area (Å²) < 4.78 is 0. The van der Waals surface area contributed by atoms with Gasteiger partial charge in [0.2, 0.25) is 0 Å². The lowest BCUT2D eigenvalue weighted by atomic mass is 9.72. The highest BCUT2D eigenvalue weighted by Gasteiger charge is 2.26. The van der Waals surface area contributed by atoms with Gasteiger partial charge >= 0.3 is 0 Å². The van der Waals surface area contributed by atoms with E-state index in [0.717, 1.165) is 5.92 Å². The molecular weight excluding hydrogens is 228 g/mol. The molecule has 19 heavy (non-hydrogen) atoms. The van der Waals surface area contributed by atoms with E-state index in [2.05, 4.69) is 34.6 Å². The van der Waals surface area contributed by atoms with Gasteiger partial charge < -0.3 is 0 Å². The van der Waals surface area contributed by atoms with Gasteiger partial charge in [0.05, 0.1) is 0 Å². The molecular formula is C19H40. The maximum absolute atomic E-state index is 2.42. The van der Waals surface area contributed by atoms with Gasteiger partial charge in [-0.3, -0.25) is 0 Å². The topological polar surface area (TPSA) is 0 Å². The summed E-state index contributed by atoms with van der Waals surface area (Å²) in [5, 5.41) is 0. The van der Waals surface area contributed by atoms with Crippen molar-refractivity contribution >= 4 is 0 Å². The molecule has 1 atom stereocenters. The van der Waals surface area contributed by atoms with Crippen molar-refractivity contribution in [3.8, 4) is 0 Å². The molecule has 0 saturated heterocycles. The summed E-state index contributed by atoms with van der Waals surface area (Å²) in [4.78, 5) is 0. The van der Waals surface area contributed by atoms with Crippen LogP contribution in [0.3, 0.4) is 0 Å². The fourth-order valence-electron chi connectivity index (χ4n) is 3.31. The predicted octanol–water partition coefficient (Wildman–Crippen LogP) is 7.37. The average Bonchev–Trinajstić information content (AvgIpc) is 2.40. The predicted molar refractivity (Wildman–Crippen MR) is 89.7 cm³/mol. The Morgan fingerprint density at radius 1 is 0.684 bits per heavy atom. The number of rotatable bonds is 13. The summed E-state index contributed by atoms with van der Waals surface area (Å²) in [6.07, 6.45) is 17.2. The van der Waals surface area contributed by atoms with Crippen LogP contribution in [0.2, 0.25) is 0 Å². The summed E-state index contributed by atoms with van der Waals surface area (Å²) in [5.74, 6) is 0.868. The summed E-state index contributed by atoms with van der Waals surface area (Å²) in [5.41, 5.74) is 0.670. The van der Waals surface area contributed by atoms with Crippen molar-refractivity contribution in [2.75, 3.05) is 0 Å². The first-order valence-corrected chi connectivity index (χ1v) is 9.10. The molecule has 0 aliphatic carbocycles. The van der Waals surface area contributed by atoms with Gasteiger partial charge in [0, 0.05) is 0 Å². The molecule has 0 fully saturated rings. The highest BCUT2D eigenvalue weighted by Crippen LogP contribution is 2.39. The van der Waals surface area contributed by atoms with Crippen LogP contribution in [-0.4, -0.2) is 0 Å². The molecule has 0 radical (unpaired) electrons. The van der Waals surface area contributed by atoms with E-state index in [1.54, 1.807) is 0 Å². The van der Waals surface area contributed by atoms with Crippen LogP contribution in [0, 0.1) is 11.3 Å². The zero-order chi connectivity index (χ0) is 14.6. The van der Waals surface area contributed by atoms with Gasteiger partial charge in [0.1, 0.15) is 0 Å². The molecule has 0 amide bonds. The van der Waals surface area contributed by atoms with Gasteiger partial charge in [-0.15, -0.1) is 0 Å². The second-order valence-electron chi connectivity index (χ2n) is 7.05. The van der Waals surface area contributed by atoms with Gasteiger partial charge in [-0.05, 0) is 30.6 Å². The molecule has 0 aromatic rings. The fourth-order valence-corrected chi connectivity index (χ4v) is 3.31. The lowest BCUT2D eigenvalue weighted by Crippen LogP contribution is -2.20. The van der Waals surface area contributed by atoms with E-state index in [1.807, 2.05) is 0 Å². The second kappa shape index (κ2) is 11.8. The zero-order valence-corrected chi connectivity index (χ0v) is 14.6. The monoisotopic (exact) mass is 268 g/mol. The quantitative estimate of drug-likeness (QED) is 0.306. The van der Waals surface area contributed by atoms with Crippen molar-refractivity contribution < 1.29 is 0 Å². The smallest absolute Gasteiger partial charge is 0.0300 e. The molecule has 0 aromatic heterocycles. The molecule has 0 nitrogen and oxygen atoms in total. The van der Waals surface area contributed by atoms with Crippen LogP contribution in [0.4, 0.5) is 0 Å². The van der Waals surface area contributed by atoms with E-state index in [-0.39, 0.29) is 0 Å². The summed E-state index contributed by atoms with van der Waals surface area (Å²) in [6, 6.07) is 0. The molecule has 0 saturated carbocycles. The summed E-state index contributed by atoms with van der Waals surface area (Å²) >= 11 is 0. The van der Waals surface area contributed by atoms with Crippen molar-refractivity contribution in [2.45, 2.75) is 112 Å². The van der Waals surface area contributed by atoms with Crippen LogP contribution < -0.4 is 0 Å². The van der Waals surface area contributed by atoms with Crippen molar-refractivity contribution in [1.82, 2.24) is 0 Å². The Hall–Kier alpha value is 0. The number of unbranched alkanes of at least 4 members (excludes halogenated alkanes) is 5. The molecule has 0 heteroatoms. The molecule has 0 aliphatic rings. The van der Waals surface area contributed by atoms with Crippen molar-refractivity contribution in [3.05, 3.63) is 0 Å². The third kappa shape index (κ3) is 9.52. The first kappa shape index (κ1) is 19.0. The first-order valence-electron chi connectivity index (χ1n) is 9.10. The van der Waals surface area contributed by atoms with Crippen LogP contribution in [0.25, 0.3) is 0 Å². The Kier molecular flexibility index (Phi) is 11.8. The molecule has 0 N–H and O–H groups in total. The average molecular weight is 269 g/mol. The Balaban J connectivity index is 4.03. The lowest BCUT2D eigenvalue weighted by molar-refractivity contribution is 0.184. The maximum atomic E-state index is 2.42. The Morgan fingerprint density at radius 2 is 1.32 bits per heavy atom. The van der Waals surface area contributed by atoms with Gasteiger partial charge in [0.25, 0.3) is 0 Å². The molecule has 0 rings (SSSR count). The minimum absolute atomic E-state index is 0.670. The van der Waals surface area contributed by atoms with E-state index in [1.165, 1.54) is 77.0 Å². The number of hydrogen-bond donors (Lipinski definition) is 0.